The molecule has 0 spiro atoms. The summed E-state index contributed by atoms with van der Waals surface area (Å²) in [5, 5.41) is 13.0. The molecule has 1 heterocycles. The Morgan fingerprint density at radius 3 is 2.81 bits per heavy atom. The number of hydrogen-bond donors (Lipinski definition) is 1. The summed E-state index contributed by atoms with van der Waals surface area (Å²) in [4.78, 5) is 16.8. The predicted molar refractivity (Wildman–Crippen MR) is 83.0 cm³/mol. The summed E-state index contributed by atoms with van der Waals surface area (Å²) in [5.74, 6) is -1.01. The van der Waals surface area contributed by atoms with Crippen molar-refractivity contribution in [1.29, 1.82) is 5.26 Å². The molecule has 0 bridgehead atoms. The van der Waals surface area contributed by atoms with E-state index in [9.17, 15) is 10.1 Å². The molecule has 1 aliphatic carbocycles. The monoisotopic (exact) mass is 299 g/mol. The zero-order chi connectivity index (χ0) is 14.7. The van der Waals surface area contributed by atoms with Gasteiger partial charge in [0.25, 0.3) is 0 Å². The third kappa shape index (κ3) is 3.06. The molecule has 1 fully saturated rings. The Morgan fingerprint density at radius 1 is 1.33 bits per heavy atom. The van der Waals surface area contributed by atoms with Gasteiger partial charge in [0.15, 0.2) is 5.92 Å². The van der Waals surface area contributed by atoms with Crippen LogP contribution in [0.15, 0.2) is 24.3 Å². The number of rotatable bonds is 3. The maximum Gasteiger partial charge on any atom is 0.244 e. The van der Waals surface area contributed by atoms with Gasteiger partial charge in [-0.25, -0.2) is 4.98 Å². The van der Waals surface area contributed by atoms with Crippen molar-refractivity contribution < 1.29 is 4.79 Å². The number of fused-ring (bicyclic) bond motifs is 1. The van der Waals surface area contributed by atoms with Crippen molar-refractivity contribution in [2.24, 2.45) is 0 Å². The van der Waals surface area contributed by atoms with Crippen LogP contribution in [0, 0.1) is 11.3 Å². The van der Waals surface area contributed by atoms with Crippen molar-refractivity contribution in [3.63, 3.8) is 0 Å². The van der Waals surface area contributed by atoms with Crippen molar-refractivity contribution in [2.45, 2.75) is 44.1 Å². The number of benzene rings is 1. The molecule has 2 aromatic rings. The van der Waals surface area contributed by atoms with Crippen LogP contribution >= 0.6 is 11.3 Å². The standard InChI is InChI=1S/C16H17N3OS/c17-10-12(15(20)18-11-6-2-1-3-7-11)16-19-13-8-4-5-9-14(13)21-16/h4-5,8-9,11-12H,1-3,6-7H2,(H,18,20). The highest BCUT2D eigenvalue weighted by Gasteiger charge is 2.26. The van der Waals surface area contributed by atoms with Crippen LogP contribution in [0.1, 0.15) is 43.0 Å². The molecule has 1 unspecified atom stereocenters. The first-order valence-electron chi connectivity index (χ1n) is 7.33. The number of aromatic nitrogens is 1. The normalized spacial score (nSPS) is 17.3. The summed E-state index contributed by atoms with van der Waals surface area (Å²) in [6.45, 7) is 0. The number of amides is 1. The number of carbonyl (C=O) groups is 1. The third-order valence-corrected chi connectivity index (χ3v) is 5.00. The zero-order valence-corrected chi connectivity index (χ0v) is 12.5. The molecule has 1 saturated carbocycles. The zero-order valence-electron chi connectivity index (χ0n) is 11.7. The van der Waals surface area contributed by atoms with Crippen molar-refractivity contribution in [3.8, 4) is 6.07 Å². The Balaban J connectivity index is 1.77. The van der Waals surface area contributed by atoms with Crippen molar-refractivity contribution >= 4 is 27.5 Å². The molecule has 5 heteroatoms. The van der Waals surface area contributed by atoms with Crippen LogP contribution in [0.25, 0.3) is 10.2 Å². The van der Waals surface area contributed by atoms with Crippen LogP contribution in [0.4, 0.5) is 0 Å². The first-order valence-corrected chi connectivity index (χ1v) is 8.15. The molecule has 0 radical (unpaired) electrons. The summed E-state index contributed by atoms with van der Waals surface area (Å²) in [6.07, 6.45) is 5.59. The number of nitrogens with zero attached hydrogens (tertiary/aromatic N) is 2. The lowest BCUT2D eigenvalue weighted by molar-refractivity contribution is -0.122. The highest BCUT2D eigenvalue weighted by molar-refractivity contribution is 7.18. The minimum Gasteiger partial charge on any atom is -0.352 e. The molecule has 0 aliphatic heterocycles. The summed E-state index contributed by atoms with van der Waals surface area (Å²) < 4.78 is 1.01. The highest BCUT2D eigenvalue weighted by Crippen LogP contribution is 2.28. The molecular formula is C16H17N3OS. The lowest BCUT2D eigenvalue weighted by Crippen LogP contribution is -2.38. The summed E-state index contributed by atoms with van der Waals surface area (Å²) >= 11 is 1.43. The first kappa shape index (κ1) is 14.0. The Kier molecular flexibility index (Phi) is 4.16. The summed E-state index contributed by atoms with van der Waals surface area (Å²) in [7, 11) is 0. The van der Waals surface area contributed by atoms with Crippen LogP contribution < -0.4 is 5.32 Å². The average molecular weight is 299 g/mol. The van der Waals surface area contributed by atoms with Crippen LogP contribution in [-0.4, -0.2) is 16.9 Å². The van der Waals surface area contributed by atoms with E-state index in [2.05, 4.69) is 16.4 Å². The highest BCUT2D eigenvalue weighted by atomic mass is 32.1. The van der Waals surface area contributed by atoms with Gasteiger partial charge in [-0.1, -0.05) is 31.4 Å². The number of carbonyl (C=O) groups excluding carboxylic acids is 1. The van der Waals surface area contributed by atoms with E-state index < -0.39 is 5.92 Å². The quantitative estimate of drug-likeness (QED) is 0.945. The first-order chi connectivity index (χ1) is 10.3. The maximum atomic E-state index is 12.4. The lowest BCUT2D eigenvalue weighted by Gasteiger charge is -2.23. The van der Waals surface area contributed by atoms with E-state index in [1.54, 1.807) is 0 Å². The second-order valence-electron chi connectivity index (χ2n) is 5.43. The van der Waals surface area contributed by atoms with Gasteiger partial charge in [-0.3, -0.25) is 4.79 Å². The Labute approximate surface area is 127 Å². The van der Waals surface area contributed by atoms with Gasteiger partial charge in [0.1, 0.15) is 5.01 Å². The SMILES string of the molecule is N#CC(C(=O)NC1CCCCC1)c1nc2ccccc2s1. The van der Waals surface area contributed by atoms with Gasteiger partial charge in [0.05, 0.1) is 16.3 Å². The van der Waals surface area contributed by atoms with Gasteiger partial charge in [-0.05, 0) is 25.0 Å². The van der Waals surface area contributed by atoms with Crippen LogP contribution in [0.2, 0.25) is 0 Å². The number of hydrogen-bond acceptors (Lipinski definition) is 4. The van der Waals surface area contributed by atoms with E-state index in [1.165, 1.54) is 17.8 Å². The molecule has 1 aliphatic rings. The maximum absolute atomic E-state index is 12.4. The van der Waals surface area contributed by atoms with E-state index in [-0.39, 0.29) is 11.9 Å². The molecule has 108 valence electrons. The second kappa shape index (κ2) is 6.23. The summed E-state index contributed by atoms with van der Waals surface area (Å²) in [5.41, 5.74) is 0.850. The van der Waals surface area contributed by atoms with Gasteiger partial charge < -0.3 is 5.32 Å². The fourth-order valence-corrected chi connectivity index (χ4v) is 3.78. The van der Waals surface area contributed by atoms with Gasteiger partial charge in [-0.15, -0.1) is 11.3 Å². The fraction of sp³-hybridized carbons (Fsp3) is 0.438. The largest absolute Gasteiger partial charge is 0.352 e. The third-order valence-electron chi connectivity index (χ3n) is 3.90. The molecule has 3 rings (SSSR count). The number of para-hydroxylation sites is 1. The Bertz CT molecular complexity index is 649. The van der Waals surface area contributed by atoms with Crippen LogP contribution in [0.5, 0.6) is 0 Å². The number of nitriles is 1. The predicted octanol–water partition coefficient (Wildman–Crippen LogP) is 3.35. The molecule has 1 amide bonds. The Morgan fingerprint density at radius 2 is 2.10 bits per heavy atom. The van der Waals surface area contributed by atoms with E-state index in [1.807, 2.05) is 24.3 Å². The Hall–Kier alpha value is -1.93. The van der Waals surface area contributed by atoms with E-state index in [4.69, 9.17) is 0 Å². The van der Waals surface area contributed by atoms with Crippen molar-refractivity contribution in [2.75, 3.05) is 0 Å². The lowest BCUT2D eigenvalue weighted by atomic mass is 9.95. The van der Waals surface area contributed by atoms with Crippen molar-refractivity contribution in [1.82, 2.24) is 10.3 Å². The molecule has 4 nitrogen and oxygen atoms in total. The van der Waals surface area contributed by atoms with E-state index >= 15 is 0 Å². The van der Waals surface area contributed by atoms with Gasteiger partial charge in [0.2, 0.25) is 5.91 Å². The van der Waals surface area contributed by atoms with E-state index in [0.717, 1.165) is 35.9 Å². The molecule has 0 saturated heterocycles. The van der Waals surface area contributed by atoms with Crippen molar-refractivity contribution in [3.05, 3.63) is 29.3 Å². The number of thiazole rings is 1. The van der Waals surface area contributed by atoms with Gasteiger partial charge in [-0.2, -0.15) is 5.26 Å². The van der Waals surface area contributed by atoms with Crippen LogP contribution in [-0.2, 0) is 4.79 Å². The molecule has 21 heavy (non-hydrogen) atoms. The topological polar surface area (TPSA) is 65.8 Å². The average Bonchev–Trinajstić information content (AvgIpc) is 2.92. The summed E-state index contributed by atoms with van der Waals surface area (Å²) in [6, 6.07) is 10.0. The molecule has 1 N–H and O–H groups in total. The fourth-order valence-electron chi connectivity index (χ4n) is 2.77. The molecule has 1 aromatic carbocycles. The molecular weight excluding hydrogens is 282 g/mol. The van der Waals surface area contributed by atoms with Crippen LogP contribution in [0.3, 0.4) is 0 Å². The smallest absolute Gasteiger partial charge is 0.244 e. The minimum absolute atomic E-state index is 0.205. The number of nitrogens with one attached hydrogen (secondary N) is 1. The van der Waals surface area contributed by atoms with E-state index in [0.29, 0.717) is 5.01 Å². The molecule has 1 atom stereocenters. The minimum atomic E-state index is -0.802. The van der Waals surface area contributed by atoms with Gasteiger partial charge >= 0.3 is 0 Å². The van der Waals surface area contributed by atoms with Gasteiger partial charge in [0, 0.05) is 6.04 Å². The second-order valence-corrected chi connectivity index (χ2v) is 6.49. The molecule has 1 aromatic heterocycles.